The molecule has 156 valence electrons. The van der Waals surface area contributed by atoms with E-state index in [9.17, 15) is 8.78 Å². The predicted octanol–water partition coefficient (Wildman–Crippen LogP) is 5.83. The minimum Gasteiger partial charge on any atom is -0.487 e. The van der Waals surface area contributed by atoms with Crippen molar-refractivity contribution >= 4 is 33.3 Å². The maximum absolute atomic E-state index is 14.4. The molecule has 2 aromatic heterocycles. The smallest absolute Gasteiger partial charge is 0.185 e. The fourth-order valence-corrected chi connectivity index (χ4v) is 3.90. The monoisotopic (exact) mass is 457 g/mol. The molecule has 0 spiro atoms. The Morgan fingerprint density at radius 2 is 1.97 bits per heavy atom. The first kappa shape index (κ1) is 21.1. The van der Waals surface area contributed by atoms with Gasteiger partial charge in [-0.2, -0.15) is 5.26 Å². The van der Waals surface area contributed by atoms with Gasteiger partial charge in [0.25, 0.3) is 0 Å². The number of fused-ring (bicyclic) bond motifs is 1. The number of nitriles is 1. The molecule has 0 aliphatic rings. The van der Waals surface area contributed by atoms with Crippen molar-refractivity contribution in [1.29, 1.82) is 5.26 Å². The van der Waals surface area contributed by atoms with Crippen LogP contribution in [0, 0.1) is 23.0 Å². The van der Waals surface area contributed by atoms with Gasteiger partial charge in [0.2, 0.25) is 0 Å². The number of pyridine rings is 1. The van der Waals surface area contributed by atoms with Crippen LogP contribution in [-0.2, 0) is 11.3 Å². The lowest BCUT2D eigenvalue weighted by Gasteiger charge is -2.17. The van der Waals surface area contributed by atoms with E-state index in [2.05, 4.69) is 9.97 Å². The Hall–Kier alpha value is -3.12. The maximum Gasteiger partial charge on any atom is 0.185 e. The van der Waals surface area contributed by atoms with Gasteiger partial charge in [0.15, 0.2) is 11.6 Å². The maximum atomic E-state index is 14.4. The lowest BCUT2D eigenvalue weighted by atomic mass is 10.2. The molecule has 0 N–H and O–H groups in total. The zero-order valence-corrected chi connectivity index (χ0v) is 17.5. The van der Waals surface area contributed by atoms with Gasteiger partial charge in [-0.15, -0.1) is 0 Å². The molecular weight excluding hydrogens is 444 g/mol. The van der Waals surface area contributed by atoms with Gasteiger partial charge in [-0.05, 0) is 23.8 Å². The van der Waals surface area contributed by atoms with Crippen LogP contribution < -0.4 is 4.74 Å². The Morgan fingerprint density at radius 1 is 1.16 bits per heavy atom. The second-order valence-electron chi connectivity index (χ2n) is 6.47. The number of hydrogen-bond donors (Lipinski definition) is 0. The van der Waals surface area contributed by atoms with E-state index in [4.69, 9.17) is 26.3 Å². The zero-order valence-electron chi connectivity index (χ0n) is 15.9. The van der Waals surface area contributed by atoms with Crippen molar-refractivity contribution in [3.63, 3.8) is 0 Å². The van der Waals surface area contributed by atoms with Crippen LogP contribution in [0.5, 0.6) is 5.75 Å². The predicted molar refractivity (Wildman–Crippen MR) is 113 cm³/mol. The topological polar surface area (TPSA) is 68.0 Å². The third kappa shape index (κ3) is 4.80. The molecule has 0 saturated carbocycles. The Kier molecular flexibility index (Phi) is 6.37. The van der Waals surface area contributed by atoms with Crippen molar-refractivity contribution in [3.05, 3.63) is 87.5 Å². The first-order valence-corrected chi connectivity index (χ1v) is 10.3. The molecule has 0 bridgehead atoms. The summed E-state index contributed by atoms with van der Waals surface area (Å²) in [6.45, 7) is 0.169. The normalized spacial score (nSPS) is 11.9. The van der Waals surface area contributed by atoms with E-state index in [0.717, 1.165) is 17.7 Å². The number of benzene rings is 2. The third-order valence-electron chi connectivity index (χ3n) is 4.36. The average molecular weight is 458 g/mol. The van der Waals surface area contributed by atoms with Gasteiger partial charge in [-0.1, -0.05) is 53.3 Å². The standard InChI is InChI=1S/C22H14ClF2N3O2S/c23-14-8-17-21(27-10-14)31-22(28-17)19(29-11-13-4-2-1-3-5-13)12-30-18-7-6-16(24)15(9-26)20(18)25/h1-8,10,19H,11-12H2. The fourth-order valence-electron chi connectivity index (χ4n) is 2.83. The summed E-state index contributed by atoms with van der Waals surface area (Å²) in [5.41, 5.74) is 0.855. The fraction of sp³-hybridized carbons (Fsp3) is 0.136. The highest BCUT2D eigenvalue weighted by atomic mass is 35.5. The first-order valence-electron chi connectivity index (χ1n) is 9.13. The Balaban J connectivity index is 1.59. The number of thiazole rings is 1. The third-order valence-corrected chi connectivity index (χ3v) is 5.64. The molecule has 4 aromatic rings. The largest absolute Gasteiger partial charge is 0.487 e. The molecule has 2 aromatic carbocycles. The van der Waals surface area contributed by atoms with Gasteiger partial charge in [0.1, 0.15) is 45.5 Å². The summed E-state index contributed by atoms with van der Waals surface area (Å²) in [7, 11) is 0. The van der Waals surface area contributed by atoms with Crippen LogP contribution in [0.15, 0.2) is 54.7 Å². The highest BCUT2D eigenvalue weighted by Gasteiger charge is 2.21. The summed E-state index contributed by atoms with van der Waals surface area (Å²) in [5, 5.41) is 9.99. The highest BCUT2D eigenvalue weighted by Crippen LogP contribution is 2.31. The molecule has 1 atom stereocenters. The van der Waals surface area contributed by atoms with Crippen LogP contribution >= 0.6 is 22.9 Å². The second kappa shape index (κ2) is 9.35. The molecule has 0 saturated heterocycles. The quantitative estimate of drug-likeness (QED) is 0.349. The molecule has 0 radical (unpaired) electrons. The van der Waals surface area contributed by atoms with Crippen molar-refractivity contribution in [3.8, 4) is 11.8 Å². The van der Waals surface area contributed by atoms with E-state index in [0.29, 0.717) is 20.4 Å². The molecule has 5 nitrogen and oxygen atoms in total. The minimum absolute atomic E-state index is 0.103. The lowest BCUT2D eigenvalue weighted by Crippen LogP contribution is -2.15. The molecule has 4 rings (SSSR count). The molecule has 0 aliphatic heterocycles. The van der Waals surface area contributed by atoms with Crippen molar-refractivity contribution in [1.82, 2.24) is 9.97 Å². The van der Waals surface area contributed by atoms with Crippen LogP contribution in [0.2, 0.25) is 5.02 Å². The van der Waals surface area contributed by atoms with Crippen LogP contribution in [0.1, 0.15) is 22.2 Å². The molecule has 2 heterocycles. The van der Waals surface area contributed by atoms with Gasteiger partial charge in [-0.25, -0.2) is 18.7 Å². The summed E-state index contributed by atoms with van der Waals surface area (Å²) in [6, 6.07) is 14.8. The Bertz CT molecular complexity index is 1260. The molecule has 0 amide bonds. The van der Waals surface area contributed by atoms with Crippen LogP contribution in [-0.4, -0.2) is 16.6 Å². The number of ether oxygens (including phenoxy) is 2. The van der Waals surface area contributed by atoms with Crippen molar-refractivity contribution < 1.29 is 18.3 Å². The second-order valence-corrected chi connectivity index (χ2v) is 7.92. The van der Waals surface area contributed by atoms with Crippen LogP contribution in [0.3, 0.4) is 0 Å². The van der Waals surface area contributed by atoms with E-state index >= 15 is 0 Å². The zero-order chi connectivity index (χ0) is 21.8. The lowest BCUT2D eigenvalue weighted by molar-refractivity contribution is 0.00714. The SMILES string of the molecule is N#Cc1c(F)ccc(OCC(OCc2ccccc2)c2nc3cc(Cl)cnc3s2)c1F. The van der Waals surface area contributed by atoms with Crippen molar-refractivity contribution in [2.45, 2.75) is 12.7 Å². The summed E-state index contributed by atoms with van der Waals surface area (Å²) in [4.78, 5) is 9.46. The van der Waals surface area contributed by atoms with E-state index in [1.165, 1.54) is 23.6 Å². The Labute approximate surface area is 185 Å². The summed E-state index contributed by atoms with van der Waals surface area (Å²) in [5.74, 6) is -2.24. The first-order chi connectivity index (χ1) is 15.0. The van der Waals surface area contributed by atoms with Crippen LogP contribution in [0.4, 0.5) is 8.78 Å². The minimum atomic E-state index is -1.05. The van der Waals surface area contributed by atoms with Gasteiger partial charge in [-0.3, -0.25) is 0 Å². The Morgan fingerprint density at radius 3 is 2.74 bits per heavy atom. The van der Waals surface area contributed by atoms with Gasteiger partial charge < -0.3 is 9.47 Å². The van der Waals surface area contributed by atoms with Crippen molar-refractivity contribution in [2.24, 2.45) is 0 Å². The summed E-state index contributed by atoms with van der Waals surface area (Å²) >= 11 is 7.30. The van der Waals surface area contributed by atoms with Gasteiger partial charge in [0.05, 0.1) is 11.6 Å². The number of halogens is 3. The molecular formula is C22H14ClF2N3O2S. The van der Waals surface area contributed by atoms with E-state index in [-0.39, 0.29) is 19.0 Å². The molecule has 0 fully saturated rings. The number of rotatable bonds is 7. The van der Waals surface area contributed by atoms with Gasteiger partial charge >= 0.3 is 0 Å². The number of aromatic nitrogens is 2. The summed E-state index contributed by atoms with van der Waals surface area (Å²) < 4.78 is 39.5. The van der Waals surface area contributed by atoms with Crippen molar-refractivity contribution in [2.75, 3.05) is 6.61 Å². The van der Waals surface area contributed by atoms with Crippen LogP contribution in [0.25, 0.3) is 10.3 Å². The molecule has 9 heteroatoms. The van der Waals surface area contributed by atoms with Gasteiger partial charge in [0, 0.05) is 6.20 Å². The van der Waals surface area contributed by atoms with E-state index < -0.39 is 23.3 Å². The molecule has 31 heavy (non-hydrogen) atoms. The number of nitrogens with zero attached hydrogens (tertiary/aromatic N) is 3. The average Bonchev–Trinajstić information content (AvgIpc) is 3.19. The highest BCUT2D eigenvalue weighted by molar-refractivity contribution is 7.18. The molecule has 1 unspecified atom stereocenters. The van der Waals surface area contributed by atoms with E-state index in [1.54, 1.807) is 6.07 Å². The number of hydrogen-bond acceptors (Lipinski definition) is 6. The molecule has 0 aliphatic carbocycles. The summed E-state index contributed by atoms with van der Waals surface area (Å²) in [6.07, 6.45) is 0.868. The van der Waals surface area contributed by atoms with E-state index in [1.807, 2.05) is 30.3 Å².